The van der Waals surface area contributed by atoms with Gasteiger partial charge in [-0.2, -0.15) is 0 Å². The maximum absolute atomic E-state index is 13.6. The highest BCUT2D eigenvalue weighted by molar-refractivity contribution is 5.92. The zero-order valence-corrected chi connectivity index (χ0v) is 20.5. The number of halogens is 4. The van der Waals surface area contributed by atoms with Gasteiger partial charge in [-0.1, -0.05) is 30.3 Å². The molecule has 4 nitrogen and oxygen atoms in total. The Bertz CT molecular complexity index is 1090. The Kier molecular flexibility index (Phi) is 8.59. The SMILES string of the molecule is CC1(C)CN(C(c2ccc(F)cc2)c2ccc(F)cc2)CCN1CC(=O)Nc1cccc(F)c1.Cl. The van der Waals surface area contributed by atoms with Crippen molar-refractivity contribution in [3.63, 3.8) is 0 Å². The van der Waals surface area contributed by atoms with Gasteiger partial charge in [0.1, 0.15) is 17.5 Å². The summed E-state index contributed by atoms with van der Waals surface area (Å²) in [6, 6.07) is 18.4. The van der Waals surface area contributed by atoms with Gasteiger partial charge in [-0.3, -0.25) is 14.6 Å². The van der Waals surface area contributed by atoms with Crippen LogP contribution in [-0.4, -0.2) is 47.4 Å². The van der Waals surface area contributed by atoms with Crippen LogP contribution in [0.15, 0.2) is 72.8 Å². The van der Waals surface area contributed by atoms with Crippen molar-refractivity contribution in [2.75, 3.05) is 31.5 Å². The van der Waals surface area contributed by atoms with Gasteiger partial charge in [-0.25, -0.2) is 13.2 Å². The van der Waals surface area contributed by atoms with Crippen LogP contribution in [0.2, 0.25) is 0 Å². The molecule has 8 heteroatoms. The highest BCUT2D eigenvalue weighted by Crippen LogP contribution is 2.33. The molecule has 0 spiro atoms. The van der Waals surface area contributed by atoms with Crippen LogP contribution in [0.1, 0.15) is 31.0 Å². The van der Waals surface area contributed by atoms with Crippen molar-refractivity contribution in [1.82, 2.24) is 9.80 Å². The summed E-state index contributed by atoms with van der Waals surface area (Å²) < 4.78 is 40.6. The molecule has 0 unspecified atom stereocenters. The molecule has 4 rings (SSSR count). The molecule has 1 fully saturated rings. The fraction of sp³-hybridized carbons (Fsp3) is 0.296. The zero-order valence-electron chi connectivity index (χ0n) is 19.7. The number of anilines is 1. The maximum atomic E-state index is 13.6. The van der Waals surface area contributed by atoms with Crippen LogP contribution in [0.25, 0.3) is 0 Å². The molecule has 1 saturated heterocycles. The lowest BCUT2D eigenvalue weighted by Crippen LogP contribution is -2.61. The average molecular weight is 504 g/mol. The smallest absolute Gasteiger partial charge is 0.238 e. The van der Waals surface area contributed by atoms with E-state index in [2.05, 4.69) is 29.0 Å². The second-order valence-corrected chi connectivity index (χ2v) is 9.27. The van der Waals surface area contributed by atoms with E-state index in [-0.39, 0.29) is 48.1 Å². The van der Waals surface area contributed by atoms with E-state index in [0.717, 1.165) is 11.1 Å². The molecule has 0 bridgehead atoms. The van der Waals surface area contributed by atoms with Gasteiger partial charge in [-0.05, 0) is 67.4 Å². The van der Waals surface area contributed by atoms with Gasteiger partial charge in [0.15, 0.2) is 0 Å². The lowest BCUT2D eigenvalue weighted by Gasteiger charge is -2.49. The number of hydrogen-bond donors (Lipinski definition) is 1. The number of hydrogen-bond acceptors (Lipinski definition) is 3. The molecule has 1 aliphatic heterocycles. The van der Waals surface area contributed by atoms with Gasteiger partial charge >= 0.3 is 0 Å². The minimum atomic E-state index is -0.403. The summed E-state index contributed by atoms with van der Waals surface area (Å²) in [4.78, 5) is 17.0. The van der Waals surface area contributed by atoms with E-state index in [0.29, 0.717) is 25.3 Å². The van der Waals surface area contributed by atoms with Gasteiger partial charge in [0.2, 0.25) is 5.91 Å². The predicted molar refractivity (Wildman–Crippen MR) is 134 cm³/mol. The van der Waals surface area contributed by atoms with Gasteiger partial charge in [0, 0.05) is 30.9 Å². The van der Waals surface area contributed by atoms with E-state index < -0.39 is 5.82 Å². The number of amides is 1. The molecule has 186 valence electrons. The normalized spacial score (nSPS) is 16.1. The molecule has 1 amide bonds. The van der Waals surface area contributed by atoms with Crippen LogP contribution >= 0.6 is 12.4 Å². The monoisotopic (exact) mass is 503 g/mol. The van der Waals surface area contributed by atoms with E-state index in [9.17, 15) is 18.0 Å². The fourth-order valence-electron chi connectivity index (χ4n) is 4.59. The third-order valence-corrected chi connectivity index (χ3v) is 6.28. The van der Waals surface area contributed by atoms with Crippen molar-refractivity contribution in [2.45, 2.75) is 25.4 Å². The first kappa shape index (κ1) is 26.7. The molecule has 3 aromatic rings. The van der Waals surface area contributed by atoms with Crippen LogP contribution in [-0.2, 0) is 4.79 Å². The molecular weight excluding hydrogens is 475 g/mol. The summed E-state index contributed by atoms with van der Waals surface area (Å²) in [6.07, 6.45) is 0. The van der Waals surface area contributed by atoms with Crippen molar-refractivity contribution in [2.24, 2.45) is 0 Å². The van der Waals surface area contributed by atoms with Crippen LogP contribution in [0.3, 0.4) is 0 Å². The predicted octanol–water partition coefficient (Wildman–Crippen LogP) is 5.65. The van der Waals surface area contributed by atoms with Crippen LogP contribution < -0.4 is 5.32 Å². The van der Waals surface area contributed by atoms with E-state index in [1.54, 1.807) is 36.4 Å². The van der Waals surface area contributed by atoms with E-state index in [4.69, 9.17) is 0 Å². The Labute approximate surface area is 210 Å². The Morgan fingerprint density at radius 2 is 1.46 bits per heavy atom. The molecule has 0 atom stereocenters. The first-order chi connectivity index (χ1) is 16.2. The van der Waals surface area contributed by atoms with Crippen molar-refractivity contribution >= 4 is 24.0 Å². The molecule has 0 aromatic heterocycles. The molecule has 0 aliphatic carbocycles. The number of carbonyl (C=O) groups is 1. The molecular formula is C27H29ClF3N3O. The van der Waals surface area contributed by atoms with Crippen LogP contribution in [0.4, 0.5) is 18.9 Å². The van der Waals surface area contributed by atoms with Gasteiger partial charge in [-0.15, -0.1) is 12.4 Å². The number of nitrogens with one attached hydrogen (secondary N) is 1. The molecule has 1 N–H and O–H groups in total. The Morgan fingerprint density at radius 1 is 0.886 bits per heavy atom. The highest BCUT2D eigenvalue weighted by Gasteiger charge is 2.38. The number of nitrogens with zero attached hydrogens (tertiary/aromatic N) is 2. The van der Waals surface area contributed by atoms with Crippen molar-refractivity contribution in [3.8, 4) is 0 Å². The van der Waals surface area contributed by atoms with Crippen LogP contribution in [0, 0.1) is 17.5 Å². The number of carbonyl (C=O) groups excluding carboxylic acids is 1. The number of rotatable bonds is 6. The summed E-state index contributed by atoms with van der Waals surface area (Å²) in [5.41, 5.74) is 1.91. The maximum Gasteiger partial charge on any atom is 0.238 e. The Hall–Kier alpha value is -2.87. The first-order valence-corrected chi connectivity index (χ1v) is 11.3. The van der Waals surface area contributed by atoms with E-state index in [1.165, 1.54) is 36.4 Å². The van der Waals surface area contributed by atoms with Crippen molar-refractivity contribution < 1.29 is 18.0 Å². The van der Waals surface area contributed by atoms with Crippen molar-refractivity contribution in [1.29, 1.82) is 0 Å². The Morgan fingerprint density at radius 3 is 1.97 bits per heavy atom. The minimum Gasteiger partial charge on any atom is -0.325 e. The summed E-state index contributed by atoms with van der Waals surface area (Å²) in [7, 11) is 0. The summed E-state index contributed by atoms with van der Waals surface area (Å²) in [5, 5.41) is 2.76. The van der Waals surface area contributed by atoms with Gasteiger partial charge in [0.25, 0.3) is 0 Å². The summed E-state index contributed by atoms with van der Waals surface area (Å²) in [5.74, 6) is -1.23. The third kappa shape index (κ3) is 6.63. The topological polar surface area (TPSA) is 35.6 Å². The molecule has 0 radical (unpaired) electrons. The fourth-order valence-corrected chi connectivity index (χ4v) is 4.59. The molecule has 35 heavy (non-hydrogen) atoms. The lowest BCUT2D eigenvalue weighted by atomic mass is 9.92. The first-order valence-electron chi connectivity index (χ1n) is 11.3. The molecule has 1 heterocycles. The summed E-state index contributed by atoms with van der Waals surface area (Å²) in [6.45, 7) is 6.25. The van der Waals surface area contributed by atoms with Crippen LogP contribution in [0.5, 0.6) is 0 Å². The Balaban J connectivity index is 0.00000342. The number of piperazine rings is 1. The molecule has 0 saturated carbocycles. The highest BCUT2D eigenvalue weighted by atomic mass is 35.5. The standard InChI is InChI=1S/C27H28F3N3O.ClH/c1-27(2)18-32(14-15-33(27)17-25(34)31-24-5-3-4-23(30)16-24)26(19-6-10-21(28)11-7-19)20-8-12-22(29)13-9-20;/h3-13,16,26H,14-15,17-18H2,1-2H3,(H,31,34);1H. The van der Waals surface area contributed by atoms with Gasteiger partial charge in [0.05, 0.1) is 12.6 Å². The third-order valence-electron chi connectivity index (χ3n) is 6.28. The van der Waals surface area contributed by atoms with Gasteiger partial charge < -0.3 is 5.32 Å². The molecule has 1 aliphatic rings. The van der Waals surface area contributed by atoms with E-state index >= 15 is 0 Å². The largest absolute Gasteiger partial charge is 0.325 e. The summed E-state index contributed by atoms with van der Waals surface area (Å²) >= 11 is 0. The van der Waals surface area contributed by atoms with Crippen molar-refractivity contribution in [3.05, 3.63) is 101 Å². The second kappa shape index (κ2) is 11.2. The average Bonchev–Trinajstić information content (AvgIpc) is 2.78. The van der Waals surface area contributed by atoms with E-state index in [1.807, 2.05) is 0 Å². The number of benzene rings is 3. The molecule has 3 aromatic carbocycles. The quantitative estimate of drug-likeness (QED) is 0.472. The zero-order chi connectivity index (χ0) is 24.3. The minimum absolute atomic E-state index is 0. The lowest BCUT2D eigenvalue weighted by molar-refractivity contribution is -0.120. The second-order valence-electron chi connectivity index (χ2n) is 9.27.